The molecule has 0 amide bonds. The van der Waals surface area contributed by atoms with Gasteiger partial charge in [-0.3, -0.25) is 0 Å². The summed E-state index contributed by atoms with van der Waals surface area (Å²) in [6, 6.07) is 0. The van der Waals surface area contributed by atoms with Gasteiger partial charge in [-0.25, -0.2) is 0 Å². The molecule has 23 heavy (non-hydrogen) atoms. The van der Waals surface area contributed by atoms with Gasteiger partial charge in [0.2, 0.25) is 0 Å². The van der Waals surface area contributed by atoms with E-state index in [2.05, 4.69) is 0 Å². The van der Waals surface area contributed by atoms with Gasteiger partial charge in [-0.2, -0.15) is 0 Å². The van der Waals surface area contributed by atoms with Crippen molar-refractivity contribution in [2.75, 3.05) is 6.61 Å². The first-order chi connectivity index (χ1) is 10.8. The van der Waals surface area contributed by atoms with E-state index in [-0.39, 0.29) is 24.5 Å². The van der Waals surface area contributed by atoms with Crippen LogP contribution in [0, 0.1) is 17.8 Å². The summed E-state index contributed by atoms with van der Waals surface area (Å²) in [4.78, 5) is 0. The average Bonchev–Trinajstić information content (AvgIpc) is 2.55. The molecule has 2 saturated heterocycles. The van der Waals surface area contributed by atoms with Crippen LogP contribution in [0.25, 0.3) is 0 Å². The van der Waals surface area contributed by atoms with Crippen molar-refractivity contribution in [1.82, 2.24) is 0 Å². The number of hydrogen-bond donors (Lipinski definition) is 5. The third kappa shape index (κ3) is 3.71. The molecule has 0 radical (unpaired) electrons. The highest BCUT2D eigenvalue weighted by Crippen LogP contribution is 2.38. The second-order valence-electron chi connectivity index (χ2n) is 6.96. The standard InChI is InChI=1S/C16H30O7/c1-4-10-9(7(2)15(20)16(21)23-10)5-11-13(18)8(3)14(19)12(6-17)22-11/h7-21H,4-6H2,1-3H3/t7?,8?,9-,10?,11-,12?,13?,14+,15?,16-/m0/s1. The Bertz CT molecular complexity index is 375. The molecular formula is C16H30O7. The Hall–Kier alpha value is -0.280. The third-order valence-electron chi connectivity index (χ3n) is 5.57. The van der Waals surface area contributed by atoms with Gasteiger partial charge in [0.15, 0.2) is 6.29 Å². The van der Waals surface area contributed by atoms with Gasteiger partial charge < -0.3 is 35.0 Å². The monoisotopic (exact) mass is 334 g/mol. The largest absolute Gasteiger partial charge is 0.394 e. The first-order valence-corrected chi connectivity index (χ1v) is 8.45. The summed E-state index contributed by atoms with van der Waals surface area (Å²) >= 11 is 0. The number of aliphatic hydroxyl groups is 5. The van der Waals surface area contributed by atoms with Crippen LogP contribution in [0.4, 0.5) is 0 Å². The first kappa shape index (κ1) is 19.1. The van der Waals surface area contributed by atoms with E-state index in [1.807, 2.05) is 13.8 Å². The number of aliphatic hydroxyl groups excluding tert-OH is 5. The van der Waals surface area contributed by atoms with E-state index in [9.17, 15) is 25.5 Å². The van der Waals surface area contributed by atoms with Crippen molar-refractivity contribution in [2.45, 2.75) is 76.5 Å². The highest BCUT2D eigenvalue weighted by atomic mass is 16.6. The van der Waals surface area contributed by atoms with Crippen LogP contribution in [0.2, 0.25) is 0 Å². The van der Waals surface area contributed by atoms with Crippen molar-refractivity contribution in [2.24, 2.45) is 17.8 Å². The summed E-state index contributed by atoms with van der Waals surface area (Å²) in [5.41, 5.74) is 0. The lowest BCUT2D eigenvalue weighted by Crippen LogP contribution is -2.57. The fraction of sp³-hybridized carbons (Fsp3) is 1.00. The van der Waals surface area contributed by atoms with Gasteiger partial charge in [-0.05, 0) is 24.7 Å². The quantitative estimate of drug-likeness (QED) is 0.458. The van der Waals surface area contributed by atoms with Gasteiger partial charge in [-0.1, -0.05) is 20.8 Å². The lowest BCUT2D eigenvalue weighted by atomic mass is 9.75. The third-order valence-corrected chi connectivity index (χ3v) is 5.57. The van der Waals surface area contributed by atoms with Gasteiger partial charge in [0.25, 0.3) is 0 Å². The number of rotatable bonds is 4. The Morgan fingerprint density at radius 3 is 1.96 bits per heavy atom. The molecule has 5 N–H and O–H groups in total. The molecule has 2 aliphatic rings. The lowest BCUT2D eigenvalue weighted by Gasteiger charge is -2.46. The van der Waals surface area contributed by atoms with Crippen molar-refractivity contribution in [1.29, 1.82) is 0 Å². The highest BCUT2D eigenvalue weighted by molar-refractivity contribution is 4.94. The molecule has 0 spiro atoms. The molecule has 0 aromatic heterocycles. The lowest BCUT2D eigenvalue weighted by molar-refractivity contribution is -0.265. The predicted octanol–water partition coefficient (Wildman–Crippen LogP) is -0.766. The molecule has 136 valence electrons. The van der Waals surface area contributed by atoms with E-state index in [1.54, 1.807) is 6.92 Å². The minimum atomic E-state index is -1.20. The minimum Gasteiger partial charge on any atom is -0.394 e. The van der Waals surface area contributed by atoms with E-state index in [0.717, 1.165) is 0 Å². The summed E-state index contributed by atoms with van der Waals surface area (Å²) < 4.78 is 11.2. The van der Waals surface area contributed by atoms with Crippen LogP contribution in [0.3, 0.4) is 0 Å². The smallest absolute Gasteiger partial charge is 0.181 e. The second-order valence-corrected chi connectivity index (χ2v) is 6.96. The van der Waals surface area contributed by atoms with Gasteiger partial charge in [0.05, 0.1) is 31.0 Å². The zero-order chi connectivity index (χ0) is 17.3. The zero-order valence-electron chi connectivity index (χ0n) is 13.9. The Morgan fingerprint density at radius 1 is 0.783 bits per heavy atom. The summed E-state index contributed by atoms with van der Waals surface area (Å²) in [7, 11) is 0. The molecule has 0 aromatic rings. The van der Waals surface area contributed by atoms with Crippen LogP contribution in [0.15, 0.2) is 0 Å². The van der Waals surface area contributed by atoms with Crippen molar-refractivity contribution in [3.8, 4) is 0 Å². The van der Waals surface area contributed by atoms with E-state index in [0.29, 0.717) is 12.8 Å². The summed E-state index contributed by atoms with van der Waals surface area (Å²) in [5.74, 6) is -0.727. The summed E-state index contributed by atoms with van der Waals surface area (Å²) in [6.45, 7) is 5.20. The van der Waals surface area contributed by atoms with Crippen LogP contribution in [0.1, 0.15) is 33.6 Å². The minimum absolute atomic E-state index is 0.0974. The summed E-state index contributed by atoms with van der Waals surface area (Å²) in [6.07, 6.45) is -4.39. The molecule has 0 aliphatic carbocycles. The molecule has 0 bridgehead atoms. The Balaban J connectivity index is 2.11. The predicted molar refractivity (Wildman–Crippen MR) is 81.4 cm³/mol. The van der Waals surface area contributed by atoms with Crippen LogP contribution in [0.5, 0.6) is 0 Å². The van der Waals surface area contributed by atoms with E-state index in [1.165, 1.54) is 0 Å². The maximum atomic E-state index is 10.4. The molecule has 0 saturated carbocycles. The van der Waals surface area contributed by atoms with Gasteiger partial charge in [0.1, 0.15) is 12.2 Å². The zero-order valence-corrected chi connectivity index (χ0v) is 13.9. The molecule has 2 heterocycles. The molecule has 7 heteroatoms. The van der Waals surface area contributed by atoms with Crippen molar-refractivity contribution in [3.05, 3.63) is 0 Å². The summed E-state index contributed by atoms with van der Waals surface area (Å²) in [5, 5.41) is 49.6. The first-order valence-electron chi connectivity index (χ1n) is 8.45. The van der Waals surface area contributed by atoms with E-state index >= 15 is 0 Å². The van der Waals surface area contributed by atoms with Crippen molar-refractivity contribution in [3.63, 3.8) is 0 Å². The fourth-order valence-corrected chi connectivity index (χ4v) is 3.86. The number of hydrogen-bond acceptors (Lipinski definition) is 7. The highest BCUT2D eigenvalue weighted by Gasteiger charge is 2.47. The topological polar surface area (TPSA) is 120 Å². The van der Waals surface area contributed by atoms with Crippen LogP contribution in [-0.2, 0) is 9.47 Å². The Morgan fingerprint density at radius 2 is 1.39 bits per heavy atom. The normalized spacial score (nSPS) is 51.7. The Kier molecular flexibility index (Phi) is 6.41. The molecule has 2 fully saturated rings. The van der Waals surface area contributed by atoms with Crippen molar-refractivity contribution >= 4 is 0 Å². The maximum absolute atomic E-state index is 10.4. The average molecular weight is 334 g/mol. The van der Waals surface area contributed by atoms with Gasteiger partial charge in [0, 0.05) is 5.92 Å². The molecule has 0 aromatic carbocycles. The molecule has 2 aliphatic heterocycles. The number of ether oxygens (including phenoxy) is 2. The molecule has 7 nitrogen and oxygen atoms in total. The van der Waals surface area contributed by atoms with E-state index < -0.39 is 42.7 Å². The van der Waals surface area contributed by atoms with Crippen LogP contribution >= 0.6 is 0 Å². The molecule has 10 atom stereocenters. The second kappa shape index (κ2) is 7.74. The van der Waals surface area contributed by atoms with Gasteiger partial charge >= 0.3 is 0 Å². The van der Waals surface area contributed by atoms with Crippen LogP contribution < -0.4 is 0 Å². The molecular weight excluding hydrogens is 304 g/mol. The van der Waals surface area contributed by atoms with Crippen molar-refractivity contribution < 1.29 is 35.0 Å². The SMILES string of the molecule is CCC1O[C@H](O)C(O)C(C)[C@@H]1C[C@@H]1OC(CO)[C@H](O)C(C)C1O. The maximum Gasteiger partial charge on any atom is 0.181 e. The molecule has 2 rings (SSSR count). The molecule has 6 unspecified atom stereocenters. The Labute approximate surface area is 136 Å². The van der Waals surface area contributed by atoms with Crippen LogP contribution in [-0.4, -0.2) is 75.1 Å². The fourth-order valence-electron chi connectivity index (χ4n) is 3.86. The van der Waals surface area contributed by atoms with Gasteiger partial charge in [-0.15, -0.1) is 0 Å². The van der Waals surface area contributed by atoms with E-state index in [4.69, 9.17) is 9.47 Å².